The minimum absolute atomic E-state index is 0.131. The van der Waals surface area contributed by atoms with Crippen LogP contribution in [-0.2, 0) is 6.54 Å². The van der Waals surface area contributed by atoms with Crippen molar-refractivity contribution in [3.05, 3.63) is 41.4 Å². The maximum Gasteiger partial charge on any atom is 0.0948 e. The third-order valence-corrected chi connectivity index (χ3v) is 2.80. The largest absolute Gasteiger partial charge is 0.395 e. The number of hydrogen-bond donors (Lipinski definition) is 1. The van der Waals surface area contributed by atoms with Crippen LogP contribution in [0, 0.1) is 0 Å². The molecule has 84 valence electrons. The van der Waals surface area contributed by atoms with Crippen molar-refractivity contribution in [3.8, 4) is 0 Å². The van der Waals surface area contributed by atoms with E-state index in [4.69, 9.17) is 5.11 Å². The average Bonchev–Trinajstić information content (AvgIpc) is 2.83. The van der Waals surface area contributed by atoms with Gasteiger partial charge in [0.05, 0.1) is 18.8 Å². The maximum atomic E-state index is 9.05. The quantitative estimate of drug-likeness (QED) is 0.854. The lowest BCUT2D eigenvalue weighted by Crippen LogP contribution is -2.26. The summed E-state index contributed by atoms with van der Waals surface area (Å²) in [5, 5.41) is 15.0. The lowest BCUT2D eigenvalue weighted by molar-refractivity contribution is 0.301. The summed E-state index contributed by atoms with van der Waals surface area (Å²) in [6.45, 7) is 1.41. The number of anilines is 1. The number of aromatic nitrogens is 2. The van der Waals surface area contributed by atoms with Gasteiger partial charge in [-0.05, 0) is 23.7 Å². The van der Waals surface area contributed by atoms with Crippen LogP contribution in [-0.4, -0.2) is 27.8 Å². The molecule has 0 saturated heterocycles. The van der Waals surface area contributed by atoms with Crippen LogP contribution in [0.25, 0.3) is 0 Å². The monoisotopic (exact) mass is 235 g/mol. The zero-order valence-corrected chi connectivity index (χ0v) is 9.60. The second-order valence-electron chi connectivity index (χ2n) is 3.38. The molecule has 2 aromatic rings. The van der Waals surface area contributed by atoms with Crippen molar-refractivity contribution < 1.29 is 5.11 Å². The summed E-state index contributed by atoms with van der Waals surface area (Å²) in [5.74, 6) is 0. The van der Waals surface area contributed by atoms with Gasteiger partial charge in [0.1, 0.15) is 0 Å². The van der Waals surface area contributed by atoms with Gasteiger partial charge in [-0.3, -0.25) is 0 Å². The predicted molar refractivity (Wildman–Crippen MR) is 64.5 cm³/mol. The van der Waals surface area contributed by atoms with E-state index in [0.29, 0.717) is 13.1 Å². The lowest BCUT2D eigenvalue weighted by Gasteiger charge is -2.22. The van der Waals surface area contributed by atoms with Crippen LogP contribution in [0.15, 0.2) is 35.7 Å². The molecular weight excluding hydrogens is 222 g/mol. The molecule has 0 bridgehead atoms. The van der Waals surface area contributed by atoms with Crippen LogP contribution in [0.1, 0.15) is 5.69 Å². The first-order chi connectivity index (χ1) is 7.90. The second kappa shape index (κ2) is 5.58. The number of aliphatic hydroxyl groups is 1. The Kier molecular flexibility index (Phi) is 3.85. The van der Waals surface area contributed by atoms with E-state index in [1.807, 2.05) is 35.7 Å². The molecule has 0 radical (unpaired) electrons. The van der Waals surface area contributed by atoms with Crippen molar-refractivity contribution in [1.29, 1.82) is 0 Å². The van der Waals surface area contributed by atoms with Crippen LogP contribution >= 0.6 is 11.5 Å². The second-order valence-corrected chi connectivity index (χ2v) is 3.99. The average molecular weight is 235 g/mol. The molecule has 1 heterocycles. The minimum atomic E-state index is 0.131. The van der Waals surface area contributed by atoms with Gasteiger partial charge in [0.15, 0.2) is 0 Å². The Labute approximate surface area is 98.3 Å². The molecule has 0 amide bonds. The Morgan fingerprint density at radius 1 is 1.25 bits per heavy atom. The number of rotatable bonds is 5. The van der Waals surface area contributed by atoms with E-state index in [1.165, 1.54) is 11.5 Å². The Hall–Kier alpha value is -1.46. The van der Waals surface area contributed by atoms with Gasteiger partial charge >= 0.3 is 0 Å². The maximum absolute atomic E-state index is 9.05. The van der Waals surface area contributed by atoms with Crippen molar-refractivity contribution in [2.75, 3.05) is 18.1 Å². The standard InChI is InChI=1S/C11H13N3OS/c15-7-6-14(8-10-9-16-13-12-10)11-4-2-1-3-5-11/h1-5,9,15H,6-8H2. The van der Waals surface area contributed by atoms with Gasteiger partial charge in [0, 0.05) is 17.6 Å². The zero-order chi connectivity index (χ0) is 11.2. The molecule has 1 aromatic carbocycles. The first kappa shape index (κ1) is 11.0. The molecule has 16 heavy (non-hydrogen) atoms. The van der Waals surface area contributed by atoms with Crippen molar-refractivity contribution >= 4 is 17.2 Å². The van der Waals surface area contributed by atoms with Gasteiger partial charge in [-0.2, -0.15) is 0 Å². The van der Waals surface area contributed by atoms with Crippen molar-refractivity contribution in [3.63, 3.8) is 0 Å². The zero-order valence-electron chi connectivity index (χ0n) is 8.78. The number of nitrogens with zero attached hydrogens (tertiary/aromatic N) is 3. The number of benzene rings is 1. The Bertz CT molecular complexity index is 404. The smallest absolute Gasteiger partial charge is 0.0948 e. The van der Waals surface area contributed by atoms with Crippen molar-refractivity contribution in [1.82, 2.24) is 9.59 Å². The number of para-hydroxylation sites is 1. The van der Waals surface area contributed by atoms with Crippen LogP contribution in [0.3, 0.4) is 0 Å². The van der Waals surface area contributed by atoms with Crippen LogP contribution in [0.5, 0.6) is 0 Å². The fraction of sp³-hybridized carbons (Fsp3) is 0.273. The predicted octanol–water partition coefficient (Wildman–Crippen LogP) is 1.54. The van der Waals surface area contributed by atoms with Gasteiger partial charge in [-0.1, -0.05) is 22.7 Å². The molecule has 0 aliphatic rings. The van der Waals surface area contributed by atoms with Crippen LogP contribution < -0.4 is 4.90 Å². The van der Waals surface area contributed by atoms with Crippen LogP contribution in [0.4, 0.5) is 5.69 Å². The molecular formula is C11H13N3OS. The van der Waals surface area contributed by atoms with Gasteiger partial charge in [-0.15, -0.1) is 5.10 Å². The van der Waals surface area contributed by atoms with E-state index in [0.717, 1.165) is 11.4 Å². The highest BCUT2D eigenvalue weighted by Gasteiger charge is 2.07. The summed E-state index contributed by atoms with van der Waals surface area (Å²) in [6.07, 6.45) is 0. The van der Waals surface area contributed by atoms with E-state index in [1.54, 1.807) is 0 Å². The molecule has 4 nitrogen and oxygen atoms in total. The van der Waals surface area contributed by atoms with E-state index in [9.17, 15) is 0 Å². The minimum Gasteiger partial charge on any atom is -0.395 e. The lowest BCUT2D eigenvalue weighted by atomic mass is 10.2. The van der Waals surface area contributed by atoms with E-state index >= 15 is 0 Å². The third-order valence-electron chi connectivity index (χ3n) is 2.25. The summed E-state index contributed by atoms with van der Waals surface area (Å²) in [4.78, 5) is 2.08. The van der Waals surface area contributed by atoms with Gasteiger partial charge in [-0.25, -0.2) is 0 Å². The summed E-state index contributed by atoms with van der Waals surface area (Å²) >= 11 is 1.34. The number of hydrogen-bond acceptors (Lipinski definition) is 5. The van der Waals surface area contributed by atoms with Crippen LogP contribution in [0.2, 0.25) is 0 Å². The molecule has 0 saturated carbocycles. The highest BCUT2D eigenvalue weighted by Crippen LogP contribution is 2.15. The molecule has 0 spiro atoms. The Morgan fingerprint density at radius 3 is 2.69 bits per heavy atom. The summed E-state index contributed by atoms with van der Waals surface area (Å²) in [7, 11) is 0. The fourth-order valence-corrected chi connectivity index (χ4v) is 1.95. The van der Waals surface area contributed by atoms with Crippen molar-refractivity contribution in [2.45, 2.75) is 6.54 Å². The Morgan fingerprint density at radius 2 is 2.06 bits per heavy atom. The molecule has 0 fully saturated rings. The molecule has 5 heteroatoms. The topological polar surface area (TPSA) is 49.2 Å². The highest BCUT2D eigenvalue weighted by molar-refractivity contribution is 7.03. The molecule has 0 atom stereocenters. The number of aliphatic hydroxyl groups excluding tert-OH is 1. The third kappa shape index (κ3) is 2.77. The first-order valence-electron chi connectivity index (χ1n) is 5.07. The molecule has 0 aliphatic carbocycles. The van der Waals surface area contributed by atoms with Crippen molar-refractivity contribution in [2.24, 2.45) is 0 Å². The van der Waals surface area contributed by atoms with E-state index < -0.39 is 0 Å². The summed E-state index contributed by atoms with van der Waals surface area (Å²) in [5.41, 5.74) is 2.02. The van der Waals surface area contributed by atoms with Gasteiger partial charge in [0.2, 0.25) is 0 Å². The molecule has 2 rings (SSSR count). The summed E-state index contributed by atoms with van der Waals surface area (Å²) < 4.78 is 3.83. The molecule has 0 aliphatic heterocycles. The highest BCUT2D eigenvalue weighted by atomic mass is 32.1. The normalized spacial score (nSPS) is 10.3. The first-order valence-corrected chi connectivity index (χ1v) is 5.90. The summed E-state index contributed by atoms with van der Waals surface area (Å²) in [6, 6.07) is 9.99. The fourth-order valence-electron chi connectivity index (χ4n) is 1.51. The van der Waals surface area contributed by atoms with Gasteiger partial charge in [0.25, 0.3) is 0 Å². The molecule has 1 aromatic heterocycles. The molecule has 0 unspecified atom stereocenters. The van der Waals surface area contributed by atoms with Gasteiger partial charge < -0.3 is 10.0 Å². The van der Waals surface area contributed by atoms with E-state index in [-0.39, 0.29) is 6.61 Å². The SMILES string of the molecule is OCCN(Cc1csnn1)c1ccccc1. The Balaban J connectivity index is 2.11. The molecule has 1 N–H and O–H groups in total. The van der Waals surface area contributed by atoms with E-state index in [2.05, 4.69) is 14.5 Å².